The van der Waals surface area contributed by atoms with Crippen molar-refractivity contribution in [3.8, 4) is 0 Å². The Morgan fingerprint density at radius 3 is 2.22 bits per heavy atom. The molecule has 0 aromatic carbocycles. The minimum atomic E-state index is 0.745. The molecular formula is C16H27NO. The molecule has 0 aromatic heterocycles. The van der Waals surface area contributed by atoms with Crippen LogP contribution in [0.15, 0.2) is 0 Å². The summed E-state index contributed by atoms with van der Waals surface area (Å²) in [5.74, 6) is 4.24. The molecule has 4 aliphatic carbocycles. The van der Waals surface area contributed by atoms with Crippen molar-refractivity contribution >= 4 is 0 Å². The first kappa shape index (κ1) is 11.7. The van der Waals surface area contributed by atoms with Crippen LogP contribution < -0.4 is 5.32 Å². The van der Waals surface area contributed by atoms with Gasteiger partial charge in [0.05, 0.1) is 0 Å². The van der Waals surface area contributed by atoms with Gasteiger partial charge in [-0.05, 0) is 75.0 Å². The van der Waals surface area contributed by atoms with E-state index in [9.17, 15) is 0 Å². The van der Waals surface area contributed by atoms with Crippen LogP contribution in [0.3, 0.4) is 0 Å². The summed E-state index contributed by atoms with van der Waals surface area (Å²) in [6, 6.07) is 1.61. The Labute approximate surface area is 111 Å². The Kier molecular flexibility index (Phi) is 3.12. The molecule has 2 nitrogen and oxygen atoms in total. The molecule has 18 heavy (non-hydrogen) atoms. The van der Waals surface area contributed by atoms with Gasteiger partial charge in [-0.15, -0.1) is 0 Å². The highest BCUT2D eigenvalue weighted by Gasteiger charge is 2.48. The van der Waals surface area contributed by atoms with E-state index in [0.717, 1.165) is 49.0 Å². The maximum Gasteiger partial charge on any atom is 0.0480 e. The van der Waals surface area contributed by atoms with E-state index < -0.39 is 0 Å². The second kappa shape index (κ2) is 4.79. The van der Waals surface area contributed by atoms with E-state index >= 15 is 0 Å². The Morgan fingerprint density at radius 1 is 0.778 bits per heavy atom. The van der Waals surface area contributed by atoms with Gasteiger partial charge >= 0.3 is 0 Å². The van der Waals surface area contributed by atoms with Crippen LogP contribution in [-0.4, -0.2) is 25.3 Å². The molecule has 2 heteroatoms. The molecule has 5 rings (SSSR count). The zero-order chi connectivity index (χ0) is 11.9. The minimum Gasteiger partial charge on any atom is -0.381 e. The molecule has 0 amide bonds. The van der Waals surface area contributed by atoms with Crippen molar-refractivity contribution in [2.75, 3.05) is 13.2 Å². The zero-order valence-electron chi connectivity index (χ0n) is 11.4. The molecule has 1 aliphatic heterocycles. The topological polar surface area (TPSA) is 21.3 Å². The highest BCUT2D eigenvalue weighted by Crippen LogP contribution is 2.53. The molecular weight excluding hydrogens is 222 g/mol. The number of ether oxygens (including phenoxy) is 1. The molecule has 0 spiro atoms. The van der Waals surface area contributed by atoms with Gasteiger partial charge < -0.3 is 10.1 Å². The lowest BCUT2D eigenvalue weighted by Crippen LogP contribution is -2.56. The van der Waals surface area contributed by atoms with Crippen molar-refractivity contribution in [3.63, 3.8) is 0 Å². The van der Waals surface area contributed by atoms with E-state index in [1.807, 2.05) is 0 Å². The lowest BCUT2D eigenvalue weighted by atomic mass is 9.54. The summed E-state index contributed by atoms with van der Waals surface area (Å²) in [4.78, 5) is 0. The number of hydrogen-bond donors (Lipinski definition) is 1. The van der Waals surface area contributed by atoms with Crippen molar-refractivity contribution in [2.45, 2.75) is 63.5 Å². The van der Waals surface area contributed by atoms with Gasteiger partial charge in [-0.1, -0.05) is 0 Å². The summed E-state index contributed by atoms with van der Waals surface area (Å²) in [7, 11) is 0. The second-order valence-corrected chi connectivity index (χ2v) is 7.36. The summed E-state index contributed by atoms with van der Waals surface area (Å²) in [6.45, 7) is 1.96. The molecule has 4 saturated carbocycles. The second-order valence-electron chi connectivity index (χ2n) is 7.36. The number of rotatable bonds is 2. The van der Waals surface area contributed by atoms with E-state index in [1.165, 1.54) is 44.9 Å². The zero-order valence-corrected chi connectivity index (χ0v) is 11.4. The average Bonchev–Trinajstić information content (AvgIpc) is 2.61. The number of nitrogens with one attached hydrogen (secondary N) is 1. The Hall–Kier alpha value is -0.0800. The highest BCUT2D eigenvalue weighted by atomic mass is 16.5. The van der Waals surface area contributed by atoms with Crippen LogP contribution in [0.2, 0.25) is 0 Å². The van der Waals surface area contributed by atoms with Crippen LogP contribution in [0.1, 0.15) is 51.4 Å². The first-order chi connectivity index (χ1) is 8.88. The molecule has 4 bridgehead atoms. The van der Waals surface area contributed by atoms with Crippen LogP contribution in [0.25, 0.3) is 0 Å². The minimum absolute atomic E-state index is 0.745. The van der Waals surface area contributed by atoms with Gasteiger partial charge in [-0.3, -0.25) is 0 Å². The van der Waals surface area contributed by atoms with Crippen LogP contribution in [-0.2, 0) is 4.74 Å². The van der Waals surface area contributed by atoms with E-state index in [2.05, 4.69) is 5.32 Å². The fourth-order valence-electron chi connectivity index (χ4n) is 5.54. The van der Waals surface area contributed by atoms with E-state index in [1.54, 1.807) is 6.42 Å². The summed E-state index contributed by atoms with van der Waals surface area (Å²) < 4.78 is 5.59. The summed E-state index contributed by atoms with van der Waals surface area (Å²) in [6.07, 6.45) is 11.5. The highest BCUT2D eigenvalue weighted by molar-refractivity contribution is 5.02. The van der Waals surface area contributed by atoms with Crippen LogP contribution in [0.4, 0.5) is 0 Å². The fraction of sp³-hybridized carbons (Fsp3) is 1.00. The molecule has 1 unspecified atom stereocenters. The molecule has 0 radical (unpaired) electrons. The third kappa shape index (κ3) is 2.12. The van der Waals surface area contributed by atoms with E-state index in [0.29, 0.717) is 0 Å². The normalized spacial score (nSPS) is 51.3. The Balaban J connectivity index is 1.42. The summed E-state index contributed by atoms with van der Waals surface area (Å²) in [5, 5.41) is 4.06. The maximum absolute atomic E-state index is 5.59. The predicted octanol–water partition coefficient (Wildman–Crippen LogP) is 2.97. The van der Waals surface area contributed by atoms with E-state index in [-0.39, 0.29) is 0 Å². The van der Waals surface area contributed by atoms with Crippen LogP contribution >= 0.6 is 0 Å². The lowest BCUT2D eigenvalue weighted by Gasteiger charge is -2.55. The van der Waals surface area contributed by atoms with Crippen LogP contribution in [0, 0.1) is 23.7 Å². The van der Waals surface area contributed by atoms with Gasteiger partial charge in [0.15, 0.2) is 0 Å². The smallest absolute Gasteiger partial charge is 0.0480 e. The first-order valence-corrected chi connectivity index (χ1v) is 8.22. The molecule has 5 aliphatic rings. The third-order valence-corrected chi connectivity index (χ3v) is 6.11. The first-order valence-electron chi connectivity index (χ1n) is 8.22. The van der Waals surface area contributed by atoms with Gasteiger partial charge in [0.25, 0.3) is 0 Å². The Bertz CT molecular complexity index is 267. The van der Waals surface area contributed by atoms with Crippen molar-refractivity contribution in [1.82, 2.24) is 5.32 Å². The molecule has 5 fully saturated rings. The molecule has 1 heterocycles. The van der Waals surface area contributed by atoms with Crippen molar-refractivity contribution < 1.29 is 4.74 Å². The van der Waals surface area contributed by atoms with Gasteiger partial charge in [-0.25, -0.2) is 0 Å². The summed E-state index contributed by atoms with van der Waals surface area (Å²) in [5.41, 5.74) is 0. The van der Waals surface area contributed by atoms with Gasteiger partial charge in [0.2, 0.25) is 0 Å². The molecule has 1 atom stereocenters. The maximum atomic E-state index is 5.59. The fourth-order valence-corrected chi connectivity index (χ4v) is 5.54. The Morgan fingerprint density at radius 2 is 1.50 bits per heavy atom. The SMILES string of the molecule is C1COCCC(NC2C3CC4CC(C3)CC2C4)C1. The standard InChI is InChI=1S/C16H27NO/c1-2-15(3-5-18-4-1)17-16-13-7-11-6-12(9-13)10-14(16)8-11/h11-17H,1-10H2. The van der Waals surface area contributed by atoms with Crippen molar-refractivity contribution in [2.24, 2.45) is 23.7 Å². The van der Waals surface area contributed by atoms with Gasteiger partial charge in [-0.2, -0.15) is 0 Å². The average molecular weight is 249 g/mol. The third-order valence-electron chi connectivity index (χ3n) is 6.11. The quantitative estimate of drug-likeness (QED) is 0.812. The monoisotopic (exact) mass is 249 g/mol. The summed E-state index contributed by atoms with van der Waals surface area (Å²) >= 11 is 0. The largest absolute Gasteiger partial charge is 0.381 e. The predicted molar refractivity (Wildman–Crippen MR) is 72.4 cm³/mol. The van der Waals surface area contributed by atoms with Crippen LogP contribution in [0.5, 0.6) is 0 Å². The van der Waals surface area contributed by atoms with Gasteiger partial charge in [0, 0.05) is 25.3 Å². The lowest BCUT2D eigenvalue weighted by molar-refractivity contribution is -0.0184. The molecule has 1 saturated heterocycles. The number of hydrogen-bond acceptors (Lipinski definition) is 2. The molecule has 102 valence electrons. The van der Waals surface area contributed by atoms with Crippen molar-refractivity contribution in [1.29, 1.82) is 0 Å². The molecule has 1 N–H and O–H groups in total. The van der Waals surface area contributed by atoms with Gasteiger partial charge in [0.1, 0.15) is 0 Å². The van der Waals surface area contributed by atoms with Crippen molar-refractivity contribution in [3.05, 3.63) is 0 Å². The molecule has 0 aromatic rings. The van der Waals surface area contributed by atoms with E-state index in [4.69, 9.17) is 4.74 Å².